The molecule has 0 saturated heterocycles. The van der Waals surface area contributed by atoms with Crippen LogP contribution < -0.4 is 14.9 Å². The maximum Gasteiger partial charge on any atom is 0.318 e. The van der Waals surface area contributed by atoms with E-state index in [2.05, 4.69) is 51.5 Å². The molecule has 6 aromatic rings. The molecule has 0 atom stereocenters. The van der Waals surface area contributed by atoms with Crippen LogP contribution in [0.2, 0.25) is 0 Å². The molecule has 6 rings (SSSR count). The van der Waals surface area contributed by atoms with Gasteiger partial charge >= 0.3 is 5.69 Å². The summed E-state index contributed by atoms with van der Waals surface area (Å²) in [5.41, 5.74) is 7.49. The molecule has 49 heavy (non-hydrogen) atoms. The molecule has 0 aliphatic carbocycles. The number of rotatable bonds is 11. The van der Waals surface area contributed by atoms with Crippen LogP contribution in [0.5, 0.6) is 17.2 Å². The van der Waals surface area contributed by atoms with Crippen LogP contribution >= 0.6 is 0 Å². The van der Waals surface area contributed by atoms with E-state index in [0.717, 1.165) is 46.4 Å². The molecule has 12 heteroatoms. The van der Waals surface area contributed by atoms with Crippen LogP contribution in [0.3, 0.4) is 0 Å². The lowest BCUT2D eigenvalue weighted by molar-refractivity contribution is -0.394. The molecule has 0 radical (unpaired) electrons. The highest BCUT2D eigenvalue weighted by Crippen LogP contribution is 2.38. The second-order valence-electron chi connectivity index (χ2n) is 10.6. The number of hydrogen-bond acceptors (Lipinski definition) is 8. The topological polar surface area (TPSA) is 151 Å². The lowest BCUT2D eigenvalue weighted by Crippen LogP contribution is -2.17. The normalized spacial score (nSPS) is 10.9. The van der Waals surface area contributed by atoms with Crippen molar-refractivity contribution in [2.45, 2.75) is 0 Å². The van der Waals surface area contributed by atoms with E-state index in [4.69, 9.17) is 9.47 Å². The van der Waals surface area contributed by atoms with Gasteiger partial charge in [-0.1, -0.05) is 60.7 Å². The lowest BCUT2D eigenvalue weighted by atomic mass is 10.1. The smallest absolute Gasteiger partial charge is 0.318 e. The fraction of sp³-hybridized carbons (Fsp3) is 0.0270. The summed E-state index contributed by atoms with van der Waals surface area (Å²) in [5, 5.41) is 26.6. The van der Waals surface area contributed by atoms with Gasteiger partial charge in [-0.05, 0) is 77.4 Å². The van der Waals surface area contributed by atoms with Crippen molar-refractivity contribution in [3.63, 3.8) is 0 Å². The van der Waals surface area contributed by atoms with Crippen molar-refractivity contribution in [3.05, 3.63) is 165 Å². The van der Waals surface area contributed by atoms with Gasteiger partial charge in [-0.25, -0.2) is 5.43 Å². The number of aromatic nitrogens is 1. The maximum atomic E-state index is 13.0. The van der Waals surface area contributed by atoms with Gasteiger partial charge < -0.3 is 14.0 Å². The molecule has 0 aliphatic heterocycles. The fourth-order valence-electron chi connectivity index (χ4n) is 5.19. The third kappa shape index (κ3) is 7.03. The molecular weight excluding hydrogens is 626 g/mol. The Labute approximate surface area is 279 Å². The Balaban J connectivity index is 1.17. The minimum Gasteiger partial charge on any atom is -0.493 e. The molecular formula is C37H27N5O7. The molecule has 1 N–H and O–H groups in total. The highest BCUT2D eigenvalue weighted by molar-refractivity contribution is 5.95. The molecule has 1 amide bonds. The zero-order chi connectivity index (χ0) is 34.3. The number of nitrogens with one attached hydrogen (secondary N) is 1. The van der Waals surface area contributed by atoms with Crippen molar-refractivity contribution >= 4 is 23.5 Å². The van der Waals surface area contributed by atoms with E-state index in [-0.39, 0.29) is 17.2 Å². The van der Waals surface area contributed by atoms with Crippen molar-refractivity contribution in [2.75, 3.05) is 7.11 Å². The minimum atomic E-state index is -0.767. The van der Waals surface area contributed by atoms with E-state index >= 15 is 0 Å². The third-order valence-electron chi connectivity index (χ3n) is 7.55. The van der Waals surface area contributed by atoms with Crippen molar-refractivity contribution in [1.82, 2.24) is 9.99 Å². The van der Waals surface area contributed by atoms with Gasteiger partial charge in [-0.2, -0.15) is 5.10 Å². The number of nitro benzene ring substituents is 2. The van der Waals surface area contributed by atoms with Crippen molar-refractivity contribution in [2.24, 2.45) is 5.10 Å². The molecule has 0 saturated carbocycles. The zero-order valence-corrected chi connectivity index (χ0v) is 25.9. The molecule has 0 spiro atoms. The first-order valence-electron chi connectivity index (χ1n) is 14.9. The first kappa shape index (κ1) is 31.9. The van der Waals surface area contributed by atoms with Gasteiger partial charge in [0, 0.05) is 17.3 Å². The van der Waals surface area contributed by atoms with Crippen LogP contribution in [-0.4, -0.2) is 33.6 Å². The van der Waals surface area contributed by atoms with Crippen LogP contribution in [0.1, 0.15) is 15.9 Å². The number of methoxy groups -OCH3 is 1. The van der Waals surface area contributed by atoms with Crippen LogP contribution in [0.25, 0.3) is 28.2 Å². The van der Waals surface area contributed by atoms with Crippen LogP contribution in [0, 0.1) is 20.2 Å². The van der Waals surface area contributed by atoms with E-state index in [1.54, 1.807) is 24.3 Å². The van der Waals surface area contributed by atoms with Gasteiger partial charge in [0.2, 0.25) is 5.75 Å². The lowest BCUT2D eigenvalue weighted by Gasteiger charge is -2.15. The average Bonchev–Trinajstić information content (AvgIpc) is 3.58. The van der Waals surface area contributed by atoms with Gasteiger partial charge in [-0.15, -0.1) is 0 Å². The number of amides is 1. The molecule has 0 unspecified atom stereocenters. The monoisotopic (exact) mass is 653 g/mol. The van der Waals surface area contributed by atoms with Gasteiger partial charge in [0.05, 0.1) is 40.6 Å². The Morgan fingerprint density at radius 2 is 1.33 bits per heavy atom. The first-order valence-corrected chi connectivity index (χ1v) is 14.9. The number of nitrogens with zero attached hydrogens (tertiary/aromatic N) is 4. The number of hydrogen-bond donors (Lipinski definition) is 1. The number of hydrazone groups is 1. The standard InChI is InChI=1S/C37H27N5O7/c1-48-36-22-25(12-20-35(36)49-34-21-17-30(41(44)45)23-33(34)42(46)47)24-38-39-37(43)28-13-15-29(16-14-28)40-31(26-8-4-2-5-9-26)18-19-32(40)27-10-6-3-7-11-27/h2-24H,1H3,(H,39,43). The summed E-state index contributed by atoms with van der Waals surface area (Å²) < 4.78 is 13.2. The van der Waals surface area contributed by atoms with Crippen LogP contribution in [0.15, 0.2) is 139 Å². The van der Waals surface area contributed by atoms with E-state index in [1.165, 1.54) is 19.4 Å². The average molecular weight is 654 g/mol. The number of ether oxygens (including phenoxy) is 2. The van der Waals surface area contributed by atoms with Gasteiger partial charge in [0.1, 0.15) is 0 Å². The molecule has 0 aliphatic rings. The number of non-ortho nitro benzene ring substituents is 1. The number of carbonyl (C=O) groups excluding carboxylic acids is 1. The van der Waals surface area contributed by atoms with Gasteiger partial charge in [0.25, 0.3) is 11.6 Å². The molecule has 5 aromatic carbocycles. The highest BCUT2D eigenvalue weighted by Gasteiger charge is 2.22. The molecule has 1 aromatic heterocycles. The summed E-state index contributed by atoms with van der Waals surface area (Å²) in [6.45, 7) is 0. The predicted molar refractivity (Wildman–Crippen MR) is 185 cm³/mol. The van der Waals surface area contributed by atoms with E-state index in [1.807, 2.05) is 48.5 Å². The molecule has 1 heterocycles. The van der Waals surface area contributed by atoms with Crippen molar-refractivity contribution in [3.8, 4) is 45.5 Å². The maximum absolute atomic E-state index is 13.0. The second kappa shape index (κ2) is 14.1. The van der Waals surface area contributed by atoms with Gasteiger partial charge in [-0.3, -0.25) is 25.0 Å². The number of benzene rings is 5. The third-order valence-corrected chi connectivity index (χ3v) is 7.55. The second-order valence-corrected chi connectivity index (χ2v) is 10.6. The minimum absolute atomic E-state index is 0.134. The SMILES string of the molecule is COc1cc(C=NNC(=O)c2ccc(-n3c(-c4ccccc4)ccc3-c3ccccc3)cc2)ccc1Oc1ccc([N+](=O)[O-])cc1[N+](=O)[O-]. The van der Waals surface area contributed by atoms with E-state index < -0.39 is 27.1 Å². The summed E-state index contributed by atoms with van der Waals surface area (Å²) in [4.78, 5) is 34.0. The summed E-state index contributed by atoms with van der Waals surface area (Å²) in [6.07, 6.45) is 1.41. The Bertz CT molecular complexity index is 2120. The molecule has 0 fully saturated rings. The highest BCUT2D eigenvalue weighted by atomic mass is 16.6. The predicted octanol–water partition coefficient (Wildman–Crippen LogP) is 8.19. The largest absolute Gasteiger partial charge is 0.493 e. The Kier molecular flexibility index (Phi) is 9.20. The van der Waals surface area contributed by atoms with Crippen LogP contribution in [0.4, 0.5) is 11.4 Å². The van der Waals surface area contributed by atoms with E-state index in [9.17, 15) is 25.0 Å². The van der Waals surface area contributed by atoms with Gasteiger partial charge in [0.15, 0.2) is 11.5 Å². The Morgan fingerprint density at radius 1 is 0.714 bits per heavy atom. The molecule has 12 nitrogen and oxygen atoms in total. The summed E-state index contributed by atoms with van der Waals surface area (Å²) in [7, 11) is 1.39. The zero-order valence-electron chi connectivity index (χ0n) is 25.9. The molecule has 242 valence electrons. The number of carbonyl (C=O) groups is 1. The van der Waals surface area contributed by atoms with Crippen LogP contribution in [-0.2, 0) is 0 Å². The summed E-state index contributed by atoms with van der Waals surface area (Å²) in [6, 6.07) is 39.3. The van der Waals surface area contributed by atoms with E-state index in [0.29, 0.717) is 11.1 Å². The van der Waals surface area contributed by atoms with Crippen molar-refractivity contribution < 1.29 is 24.1 Å². The van der Waals surface area contributed by atoms with Crippen molar-refractivity contribution in [1.29, 1.82) is 0 Å². The first-order chi connectivity index (χ1) is 23.8. The summed E-state index contributed by atoms with van der Waals surface area (Å²) in [5.74, 6) is -0.264. The molecule has 0 bridgehead atoms. The number of nitro groups is 2. The Hall–Kier alpha value is -7.08. The Morgan fingerprint density at radius 3 is 1.90 bits per heavy atom. The summed E-state index contributed by atoms with van der Waals surface area (Å²) >= 11 is 0. The fourth-order valence-corrected chi connectivity index (χ4v) is 5.19. The quantitative estimate of drug-likeness (QED) is 0.0841.